The maximum atomic E-state index is 5.16. The molecule has 2 atom stereocenters. The molecular formula is C15H19N3O. The quantitative estimate of drug-likeness (QED) is 0.894. The Hall–Kier alpha value is -1.94. The van der Waals surface area contributed by atoms with E-state index in [1.807, 2.05) is 12.1 Å². The smallest absolute Gasteiger partial charge is 0.118 e. The number of hydrogen-bond donors (Lipinski definition) is 1. The van der Waals surface area contributed by atoms with Gasteiger partial charge in [-0.15, -0.1) is 0 Å². The van der Waals surface area contributed by atoms with Crippen LogP contribution in [0.1, 0.15) is 37.2 Å². The zero-order valence-corrected chi connectivity index (χ0v) is 11.5. The van der Waals surface area contributed by atoms with Gasteiger partial charge in [-0.05, 0) is 31.5 Å². The van der Waals surface area contributed by atoms with Crippen molar-refractivity contribution < 1.29 is 4.74 Å². The molecule has 4 heteroatoms. The molecule has 0 saturated heterocycles. The van der Waals surface area contributed by atoms with Gasteiger partial charge in [0.25, 0.3) is 0 Å². The van der Waals surface area contributed by atoms with Gasteiger partial charge in [0.05, 0.1) is 12.8 Å². The molecule has 1 aromatic heterocycles. The fraction of sp³-hybridized carbons (Fsp3) is 0.333. The minimum absolute atomic E-state index is 0.158. The van der Waals surface area contributed by atoms with Crippen LogP contribution in [-0.2, 0) is 0 Å². The van der Waals surface area contributed by atoms with Gasteiger partial charge in [-0.25, -0.2) is 0 Å². The lowest BCUT2D eigenvalue weighted by Gasteiger charge is -2.20. The standard InChI is InChI=1S/C15H19N3O/c1-11(13-4-6-14(19-3)7-5-13)18-12(2)15-10-16-8-9-17-15/h4-12,18H,1-3H3. The largest absolute Gasteiger partial charge is 0.497 e. The molecule has 0 fully saturated rings. The van der Waals surface area contributed by atoms with Crippen LogP contribution in [0.3, 0.4) is 0 Å². The third kappa shape index (κ3) is 3.51. The number of ether oxygens (including phenoxy) is 1. The maximum absolute atomic E-state index is 5.16. The van der Waals surface area contributed by atoms with E-state index in [-0.39, 0.29) is 12.1 Å². The SMILES string of the molecule is COc1ccc(C(C)NC(C)c2cnccn2)cc1. The summed E-state index contributed by atoms with van der Waals surface area (Å²) in [5, 5.41) is 3.51. The average Bonchev–Trinajstić information content (AvgIpc) is 2.48. The molecule has 1 heterocycles. The second-order valence-corrected chi connectivity index (χ2v) is 4.51. The van der Waals surface area contributed by atoms with Crippen molar-refractivity contribution in [2.24, 2.45) is 0 Å². The molecule has 0 bridgehead atoms. The molecule has 0 radical (unpaired) electrons. The first-order valence-corrected chi connectivity index (χ1v) is 6.36. The van der Waals surface area contributed by atoms with E-state index >= 15 is 0 Å². The molecule has 0 aliphatic carbocycles. The van der Waals surface area contributed by atoms with E-state index in [2.05, 4.69) is 41.3 Å². The summed E-state index contributed by atoms with van der Waals surface area (Å²) < 4.78 is 5.16. The van der Waals surface area contributed by atoms with Gasteiger partial charge in [0.2, 0.25) is 0 Å². The summed E-state index contributed by atoms with van der Waals surface area (Å²) in [6.45, 7) is 4.22. The van der Waals surface area contributed by atoms with Gasteiger partial charge in [-0.1, -0.05) is 12.1 Å². The van der Waals surface area contributed by atoms with Gasteiger partial charge < -0.3 is 10.1 Å². The van der Waals surface area contributed by atoms with Crippen molar-refractivity contribution in [2.45, 2.75) is 25.9 Å². The monoisotopic (exact) mass is 257 g/mol. The van der Waals surface area contributed by atoms with E-state index < -0.39 is 0 Å². The summed E-state index contributed by atoms with van der Waals surface area (Å²) >= 11 is 0. The first kappa shape index (κ1) is 13.5. The highest BCUT2D eigenvalue weighted by Crippen LogP contribution is 2.20. The maximum Gasteiger partial charge on any atom is 0.118 e. The molecule has 0 aliphatic heterocycles. The van der Waals surface area contributed by atoms with E-state index in [9.17, 15) is 0 Å². The molecule has 4 nitrogen and oxygen atoms in total. The van der Waals surface area contributed by atoms with Crippen LogP contribution in [0.2, 0.25) is 0 Å². The van der Waals surface area contributed by atoms with E-state index in [4.69, 9.17) is 4.74 Å². The molecule has 0 saturated carbocycles. The van der Waals surface area contributed by atoms with Crippen molar-refractivity contribution in [3.63, 3.8) is 0 Å². The summed E-state index contributed by atoms with van der Waals surface area (Å²) in [7, 11) is 1.67. The van der Waals surface area contributed by atoms with E-state index in [1.54, 1.807) is 25.7 Å². The average molecular weight is 257 g/mol. The topological polar surface area (TPSA) is 47.0 Å². The molecule has 0 aliphatic rings. The minimum Gasteiger partial charge on any atom is -0.497 e. The van der Waals surface area contributed by atoms with Crippen molar-refractivity contribution >= 4 is 0 Å². The predicted molar refractivity (Wildman–Crippen MR) is 75.0 cm³/mol. The van der Waals surface area contributed by atoms with Gasteiger partial charge in [-0.3, -0.25) is 9.97 Å². The highest BCUT2D eigenvalue weighted by molar-refractivity contribution is 5.29. The number of hydrogen-bond acceptors (Lipinski definition) is 4. The Labute approximate surface area is 113 Å². The second kappa shape index (κ2) is 6.29. The van der Waals surface area contributed by atoms with Gasteiger partial charge in [-0.2, -0.15) is 0 Å². The van der Waals surface area contributed by atoms with Crippen LogP contribution in [0.15, 0.2) is 42.9 Å². The van der Waals surface area contributed by atoms with Crippen LogP contribution in [0.25, 0.3) is 0 Å². The summed E-state index contributed by atoms with van der Waals surface area (Å²) in [6, 6.07) is 8.48. The first-order chi connectivity index (χ1) is 9.20. The van der Waals surface area contributed by atoms with E-state index in [1.165, 1.54) is 5.56 Å². The lowest BCUT2D eigenvalue weighted by atomic mass is 10.1. The number of methoxy groups -OCH3 is 1. The summed E-state index contributed by atoms with van der Waals surface area (Å²) in [4.78, 5) is 8.40. The van der Waals surface area contributed by atoms with Crippen molar-refractivity contribution in [1.82, 2.24) is 15.3 Å². The Kier molecular flexibility index (Phi) is 4.47. The van der Waals surface area contributed by atoms with Crippen molar-refractivity contribution in [1.29, 1.82) is 0 Å². The molecule has 0 spiro atoms. The molecule has 1 N–H and O–H groups in total. The Balaban J connectivity index is 2.02. The highest BCUT2D eigenvalue weighted by atomic mass is 16.5. The van der Waals surface area contributed by atoms with E-state index in [0.717, 1.165) is 11.4 Å². The second-order valence-electron chi connectivity index (χ2n) is 4.51. The Morgan fingerprint density at radius 1 is 1.05 bits per heavy atom. The Bertz CT molecular complexity index is 499. The summed E-state index contributed by atoms with van der Waals surface area (Å²) in [6.07, 6.45) is 5.19. The van der Waals surface area contributed by atoms with Crippen molar-refractivity contribution in [2.75, 3.05) is 7.11 Å². The number of rotatable bonds is 5. The number of aromatic nitrogens is 2. The van der Waals surface area contributed by atoms with Crippen LogP contribution in [0.4, 0.5) is 0 Å². The van der Waals surface area contributed by atoms with E-state index in [0.29, 0.717) is 0 Å². The Morgan fingerprint density at radius 3 is 2.37 bits per heavy atom. The zero-order chi connectivity index (χ0) is 13.7. The lowest BCUT2D eigenvalue weighted by Crippen LogP contribution is -2.23. The van der Waals surface area contributed by atoms with Gasteiger partial charge in [0, 0.05) is 30.7 Å². The molecule has 0 amide bonds. The fourth-order valence-corrected chi connectivity index (χ4v) is 1.98. The van der Waals surface area contributed by atoms with Crippen molar-refractivity contribution in [3.8, 4) is 5.75 Å². The third-order valence-electron chi connectivity index (χ3n) is 3.14. The van der Waals surface area contributed by atoms with Crippen LogP contribution >= 0.6 is 0 Å². The molecule has 2 rings (SSSR count). The molecular weight excluding hydrogens is 238 g/mol. The minimum atomic E-state index is 0.158. The molecule has 2 aromatic rings. The molecule has 2 unspecified atom stereocenters. The zero-order valence-electron chi connectivity index (χ0n) is 11.5. The summed E-state index contributed by atoms with van der Waals surface area (Å²) in [5.74, 6) is 0.873. The first-order valence-electron chi connectivity index (χ1n) is 6.36. The highest BCUT2D eigenvalue weighted by Gasteiger charge is 2.12. The molecule has 100 valence electrons. The lowest BCUT2D eigenvalue weighted by molar-refractivity contribution is 0.414. The fourth-order valence-electron chi connectivity index (χ4n) is 1.98. The van der Waals surface area contributed by atoms with Crippen LogP contribution in [0, 0.1) is 0 Å². The number of nitrogens with zero attached hydrogens (tertiary/aromatic N) is 2. The van der Waals surface area contributed by atoms with Crippen LogP contribution in [-0.4, -0.2) is 17.1 Å². The number of nitrogens with one attached hydrogen (secondary N) is 1. The van der Waals surface area contributed by atoms with Gasteiger partial charge in [0.1, 0.15) is 5.75 Å². The number of benzene rings is 1. The predicted octanol–water partition coefficient (Wildman–Crippen LogP) is 2.90. The van der Waals surface area contributed by atoms with Crippen molar-refractivity contribution in [3.05, 3.63) is 54.1 Å². The third-order valence-corrected chi connectivity index (χ3v) is 3.14. The molecule has 19 heavy (non-hydrogen) atoms. The molecule has 1 aromatic carbocycles. The van der Waals surface area contributed by atoms with Crippen LogP contribution in [0.5, 0.6) is 5.75 Å². The van der Waals surface area contributed by atoms with Gasteiger partial charge in [0.15, 0.2) is 0 Å². The Morgan fingerprint density at radius 2 is 1.79 bits per heavy atom. The van der Waals surface area contributed by atoms with Gasteiger partial charge >= 0.3 is 0 Å². The normalized spacial score (nSPS) is 13.8. The van der Waals surface area contributed by atoms with Crippen LogP contribution < -0.4 is 10.1 Å². The summed E-state index contributed by atoms with van der Waals surface area (Å²) in [5.41, 5.74) is 2.17.